The summed E-state index contributed by atoms with van der Waals surface area (Å²) in [5.41, 5.74) is 2.54. The van der Waals surface area contributed by atoms with Crippen LogP contribution in [0.1, 0.15) is 25.2 Å². The highest BCUT2D eigenvalue weighted by Crippen LogP contribution is 2.18. The summed E-state index contributed by atoms with van der Waals surface area (Å²) in [6.45, 7) is 4.02. The average Bonchev–Trinajstić information content (AvgIpc) is 2.69. The largest absolute Gasteiger partial charge is 0.306 e. The Morgan fingerprint density at radius 1 is 1.35 bits per heavy atom. The molecule has 0 spiro atoms. The third-order valence-corrected chi connectivity index (χ3v) is 2.65. The van der Waals surface area contributed by atoms with Gasteiger partial charge in [0.05, 0.1) is 11.3 Å². The van der Waals surface area contributed by atoms with Crippen LogP contribution in [0.2, 0.25) is 0 Å². The molecule has 0 radical (unpaired) electrons. The smallest absolute Gasteiger partial charge is 0.251 e. The van der Waals surface area contributed by atoms with Gasteiger partial charge in [-0.1, -0.05) is 13.8 Å². The summed E-state index contributed by atoms with van der Waals surface area (Å²) >= 11 is 0. The van der Waals surface area contributed by atoms with Gasteiger partial charge in [-0.15, -0.1) is 0 Å². The zero-order valence-electron chi connectivity index (χ0n) is 10.3. The molecule has 2 aromatic heterocycles. The van der Waals surface area contributed by atoms with E-state index in [-0.39, 0.29) is 5.56 Å². The molecule has 0 fully saturated rings. The Morgan fingerprint density at radius 3 is 2.76 bits per heavy atom. The van der Waals surface area contributed by atoms with Crippen molar-refractivity contribution in [2.75, 3.05) is 0 Å². The lowest BCUT2D eigenvalue weighted by molar-refractivity contribution is 0.746. The van der Waals surface area contributed by atoms with E-state index >= 15 is 0 Å². The molecule has 0 aliphatic carbocycles. The van der Waals surface area contributed by atoms with Crippen LogP contribution < -0.4 is 5.56 Å². The Morgan fingerprint density at radius 2 is 2.12 bits per heavy atom. The van der Waals surface area contributed by atoms with E-state index in [4.69, 9.17) is 0 Å². The topological polar surface area (TPSA) is 63.6 Å². The predicted octanol–water partition coefficient (Wildman–Crippen LogP) is 1.30. The van der Waals surface area contributed by atoms with Crippen LogP contribution in [0.25, 0.3) is 11.4 Å². The average molecular weight is 232 g/mol. The van der Waals surface area contributed by atoms with Gasteiger partial charge in [0.25, 0.3) is 5.56 Å². The number of hydrogen-bond acceptors (Lipinski definition) is 3. The first kappa shape index (κ1) is 11.6. The standard InChI is InChI=1S/C12H16N4O/c1-4-8-6-11(17)14-12(13-8)9-7-16(3)15-10(9)5-2/h6-7H,4-5H2,1-3H3,(H,13,14,17). The first-order valence-electron chi connectivity index (χ1n) is 5.77. The molecule has 90 valence electrons. The minimum absolute atomic E-state index is 0.113. The molecule has 0 aliphatic rings. The van der Waals surface area contributed by atoms with Gasteiger partial charge in [0.1, 0.15) is 5.82 Å². The second-order valence-electron chi connectivity index (χ2n) is 3.96. The van der Waals surface area contributed by atoms with E-state index in [9.17, 15) is 4.79 Å². The summed E-state index contributed by atoms with van der Waals surface area (Å²) < 4.78 is 1.74. The lowest BCUT2D eigenvalue weighted by Crippen LogP contribution is -2.10. The molecular formula is C12H16N4O. The van der Waals surface area contributed by atoms with Gasteiger partial charge in [-0.25, -0.2) is 4.98 Å². The van der Waals surface area contributed by atoms with E-state index in [1.54, 1.807) is 4.68 Å². The minimum Gasteiger partial charge on any atom is -0.306 e. The van der Waals surface area contributed by atoms with Crippen LogP contribution in [-0.4, -0.2) is 19.7 Å². The highest BCUT2D eigenvalue weighted by atomic mass is 16.1. The fourth-order valence-electron chi connectivity index (χ4n) is 1.81. The number of aromatic amines is 1. The van der Waals surface area contributed by atoms with Crippen molar-refractivity contribution in [3.8, 4) is 11.4 Å². The molecule has 17 heavy (non-hydrogen) atoms. The van der Waals surface area contributed by atoms with Crippen LogP contribution in [0.4, 0.5) is 0 Å². The molecule has 0 aromatic carbocycles. The first-order valence-corrected chi connectivity index (χ1v) is 5.77. The molecule has 0 saturated heterocycles. The van der Waals surface area contributed by atoms with E-state index < -0.39 is 0 Å². The van der Waals surface area contributed by atoms with Crippen molar-refractivity contribution in [1.82, 2.24) is 19.7 Å². The molecule has 0 atom stereocenters. The first-order chi connectivity index (χ1) is 8.13. The molecule has 2 rings (SSSR count). The van der Waals surface area contributed by atoms with Gasteiger partial charge in [0.2, 0.25) is 0 Å². The van der Waals surface area contributed by atoms with Gasteiger partial charge in [-0.3, -0.25) is 9.48 Å². The minimum atomic E-state index is -0.113. The molecule has 0 unspecified atom stereocenters. The van der Waals surface area contributed by atoms with Crippen molar-refractivity contribution in [1.29, 1.82) is 0 Å². The Balaban J connectivity index is 2.59. The summed E-state index contributed by atoms with van der Waals surface area (Å²) in [5.74, 6) is 0.610. The lowest BCUT2D eigenvalue weighted by Gasteiger charge is -2.01. The maximum Gasteiger partial charge on any atom is 0.251 e. The third-order valence-electron chi connectivity index (χ3n) is 2.65. The van der Waals surface area contributed by atoms with Crippen molar-refractivity contribution in [2.24, 2.45) is 7.05 Å². The Labute approximate surface area is 99.5 Å². The Kier molecular flexibility index (Phi) is 3.08. The monoisotopic (exact) mass is 232 g/mol. The molecular weight excluding hydrogens is 216 g/mol. The van der Waals surface area contributed by atoms with Gasteiger partial charge in [0, 0.05) is 25.0 Å². The maximum absolute atomic E-state index is 11.5. The fraction of sp³-hybridized carbons (Fsp3) is 0.417. The number of hydrogen-bond donors (Lipinski definition) is 1. The normalized spacial score (nSPS) is 10.8. The number of nitrogens with zero attached hydrogens (tertiary/aromatic N) is 3. The van der Waals surface area contributed by atoms with Crippen molar-refractivity contribution < 1.29 is 0 Å². The highest BCUT2D eigenvalue weighted by Gasteiger charge is 2.11. The van der Waals surface area contributed by atoms with Crippen molar-refractivity contribution in [3.63, 3.8) is 0 Å². The second kappa shape index (κ2) is 4.53. The van der Waals surface area contributed by atoms with Crippen LogP contribution in [-0.2, 0) is 19.9 Å². The summed E-state index contributed by atoms with van der Waals surface area (Å²) in [5, 5.41) is 4.35. The number of nitrogens with one attached hydrogen (secondary N) is 1. The molecule has 1 N–H and O–H groups in total. The summed E-state index contributed by atoms with van der Waals surface area (Å²) in [6.07, 6.45) is 3.45. The number of aromatic nitrogens is 4. The predicted molar refractivity (Wildman–Crippen MR) is 65.8 cm³/mol. The van der Waals surface area contributed by atoms with E-state index in [0.29, 0.717) is 5.82 Å². The third kappa shape index (κ3) is 2.27. The van der Waals surface area contributed by atoms with Crippen LogP contribution in [0.15, 0.2) is 17.1 Å². The lowest BCUT2D eigenvalue weighted by atomic mass is 10.2. The summed E-state index contributed by atoms with van der Waals surface area (Å²) in [6, 6.07) is 1.53. The molecule has 0 bridgehead atoms. The molecule has 5 heteroatoms. The molecule has 2 aromatic rings. The fourth-order valence-corrected chi connectivity index (χ4v) is 1.81. The van der Waals surface area contributed by atoms with Gasteiger partial charge in [-0.05, 0) is 12.8 Å². The van der Waals surface area contributed by atoms with Crippen molar-refractivity contribution in [3.05, 3.63) is 34.0 Å². The number of H-pyrrole nitrogens is 1. The van der Waals surface area contributed by atoms with Crippen molar-refractivity contribution in [2.45, 2.75) is 26.7 Å². The van der Waals surface area contributed by atoms with Crippen LogP contribution in [0.3, 0.4) is 0 Å². The Bertz CT molecular complexity index is 582. The molecule has 0 amide bonds. The zero-order valence-corrected chi connectivity index (χ0v) is 10.3. The van der Waals surface area contributed by atoms with Gasteiger partial charge >= 0.3 is 0 Å². The van der Waals surface area contributed by atoms with Gasteiger partial charge < -0.3 is 4.98 Å². The highest BCUT2D eigenvalue weighted by molar-refractivity contribution is 5.57. The SMILES string of the molecule is CCc1cc(=O)[nH]c(-c2cn(C)nc2CC)n1. The van der Waals surface area contributed by atoms with E-state index in [1.165, 1.54) is 6.07 Å². The van der Waals surface area contributed by atoms with Crippen LogP contribution in [0.5, 0.6) is 0 Å². The molecule has 2 heterocycles. The van der Waals surface area contributed by atoms with E-state index in [2.05, 4.69) is 15.1 Å². The molecule has 5 nitrogen and oxygen atoms in total. The van der Waals surface area contributed by atoms with Crippen LogP contribution in [0, 0.1) is 0 Å². The number of aryl methyl sites for hydroxylation is 3. The second-order valence-corrected chi connectivity index (χ2v) is 3.96. The van der Waals surface area contributed by atoms with Gasteiger partial charge in [0.15, 0.2) is 0 Å². The quantitative estimate of drug-likeness (QED) is 0.867. The zero-order chi connectivity index (χ0) is 12.4. The van der Waals surface area contributed by atoms with E-state index in [1.807, 2.05) is 27.1 Å². The number of rotatable bonds is 3. The van der Waals surface area contributed by atoms with E-state index in [0.717, 1.165) is 29.8 Å². The molecule has 0 saturated carbocycles. The van der Waals surface area contributed by atoms with Crippen molar-refractivity contribution >= 4 is 0 Å². The summed E-state index contributed by atoms with van der Waals surface area (Å²) in [7, 11) is 1.87. The Hall–Kier alpha value is -1.91. The van der Waals surface area contributed by atoms with Gasteiger partial charge in [-0.2, -0.15) is 5.10 Å². The molecule has 0 aliphatic heterocycles. The summed E-state index contributed by atoms with van der Waals surface area (Å²) in [4.78, 5) is 18.7. The maximum atomic E-state index is 11.5. The van der Waals surface area contributed by atoms with Crippen LogP contribution >= 0.6 is 0 Å².